The molecule has 1 unspecified atom stereocenters. The summed E-state index contributed by atoms with van der Waals surface area (Å²) in [6.45, 7) is 0. The average molecular weight is 287 g/mol. The largest absolute Gasteiger partial charge is 0.388 e. The van der Waals surface area contributed by atoms with E-state index in [1.54, 1.807) is 29.5 Å². The second kappa shape index (κ2) is 5.87. The first-order valence-electron chi connectivity index (χ1n) is 5.30. The highest BCUT2D eigenvalue weighted by Gasteiger charge is 2.09. The number of hydrogen-bond acceptors (Lipinski definition) is 2. The van der Waals surface area contributed by atoms with E-state index in [9.17, 15) is 5.11 Å². The van der Waals surface area contributed by atoms with Crippen molar-refractivity contribution < 1.29 is 5.11 Å². The summed E-state index contributed by atoms with van der Waals surface area (Å²) in [5.41, 5.74) is 2.03. The molecule has 0 saturated carbocycles. The van der Waals surface area contributed by atoms with Gasteiger partial charge in [0.25, 0.3) is 0 Å². The summed E-state index contributed by atoms with van der Waals surface area (Å²) in [4.78, 5) is 0. The van der Waals surface area contributed by atoms with Gasteiger partial charge in [-0.15, -0.1) is 0 Å². The van der Waals surface area contributed by atoms with E-state index in [1.165, 1.54) is 5.56 Å². The van der Waals surface area contributed by atoms with Gasteiger partial charge >= 0.3 is 0 Å². The predicted molar refractivity (Wildman–Crippen MR) is 74.1 cm³/mol. The van der Waals surface area contributed by atoms with Gasteiger partial charge in [0.05, 0.1) is 6.10 Å². The van der Waals surface area contributed by atoms with Crippen LogP contribution in [0, 0.1) is 0 Å². The third-order valence-electron chi connectivity index (χ3n) is 2.56. The Balaban J connectivity index is 2.01. The van der Waals surface area contributed by atoms with Crippen molar-refractivity contribution >= 4 is 34.5 Å². The summed E-state index contributed by atoms with van der Waals surface area (Å²) in [6, 6.07) is 7.25. The number of halogens is 2. The van der Waals surface area contributed by atoms with Crippen LogP contribution in [0.25, 0.3) is 0 Å². The van der Waals surface area contributed by atoms with E-state index in [1.807, 2.05) is 5.38 Å². The molecular formula is C13H12Cl2OS. The first kappa shape index (κ1) is 12.9. The number of aliphatic hydroxyl groups excluding tert-OH is 1. The van der Waals surface area contributed by atoms with Crippen LogP contribution in [-0.4, -0.2) is 5.11 Å². The van der Waals surface area contributed by atoms with Crippen molar-refractivity contribution in [3.63, 3.8) is 0 Å². The molecule has 0 aliphatic carbocycles. The fourth-order valence-corrected chi connectivity index (χ4v) is 2.92. The van der Waals surface area contributed by atoms with Gasteiger partial charge < -0.3 is 5.11 Å². The molecule has 1 aromatic heterocycles. The van der Waals surface area contributed by atoms with Gasteiger partial charge in [-0.2, -0.15) is 11.3 Å². The maximum Gasteiger partial charge on any atom is 0.0794 e. The van der Waals surface area contributed by atoms with Gasteiger partial charge in [0.1, 0.15) is 0 Å². The standard InChI is InChI=1S/C13H12Cl2OS/c14-11-5-10(6-12(15)7-11)13(16)2-1-9-3-4-17-8-9/h3-8,13,16H,1-2H2. The monoisotopic (exact) mass is 286 g/mol. The number of benzene rings is 1. The molecule has 0 bridgehead atoms. The van der Waals surface area contributed by atoms with Gasteiger partial charge in [-0.25, -0.2) is 0 Å². The van der Waals surface area contributed by atoms with E-state index >= 15 is 0 Å². The predicted octanol–water partition coefficient (Wildman–Crippen LogP) is 4.72. The normalized spacial score (nSPS) is 12.6. The van der Waals surface area contributed by atoms with Crippen LogP contribution >= 0.6 is 34.5 Å². The summed E-state index contributed by atoms with van der Waals surface area (Å²) >= 11 is 13.5. The van der Waals surface area contributed by atoms with Gasteiger partial charge in [-0.1, -0.05) is 23.2 Å². The summed E-state index contributed by atoms with van der Waals surface area (Å²) in [7, 11) is 0. The lowest BCUT2D eigenvalue weighted by atomic mass is 10.0. The molecule has 0 spiro atoms. The highest BCUT2D eigenvalue weighted by molar-refractivity contribution is 7.07. The van der Waals surface area contributed by atoms with Crippen LogP contribution < -0.4 is 0 Å². The first-order chi connectivity index (χ1) is 8.15. The minimum Gasteiger partial charge on any atom is -0.388 e. The van der Waals surface area contributed by atoms with Gasteiger partial charge in [0, 0.05) is 10.0 Å². The zero-order valence-corrected chi connectivity index (χ0v) is 11.4. The number of hydrogen-bond donors (Lipinski definition) is 1. The fourth-order valence-electron chi connectivity index (χ4n) is 1.67. The Labute approximate surface area is 115 Å². The van der Waals surface area contributed by atoms with Crippen LogP contribution in [0.4, 0.5) is 0 Å². The second-order valence-electron chi connectivity index (χ2n) is 3.89. The van der Waals surface area contributed by atoms with Gasteiger partial charge in [0.2, 0.25) is 0 Å². The van der Waals surface area contributed by atoms with Gasteiger partial charge in [-0.3, -0.25) is 0 Å². The van der Waals surface area contributed by atoms with Crippen LogP contribution in [0.5, 0.6) is 0 Å². The van der Waals surface area contributed by atoms with E-state index < -0.39 is 6.10 Å². The van der Waals surface area contributed by atoms with Crippen molar-refractivity contribution in [3.8, 4) is 0 Å². The lowest BCUT2D eigenvalue weighted by molar-refractivity contribution is 0.168. The minimum atomic E-state index is -0.522. The molecule has 2 aromatic rings. The smallest absolute Gasteiger partial charge is 0.0794 e. The van der Waals surface area contributed by atoms with Crippen LogP contribution in [-0.2, 0) is 6.42 Å². The molecule has 0 amide bonds. The molecule has 0 aliphatic heterocycles. The molecule has 1 aromatic carbocycles. The van der Waals surface area contributed by atoms with E-state index in [2.05, 4.69) is 11.4 Å². The zero-order chi connectivity index (χ0) is 12.3. The molecule has 0 aliphatic rings. The molecular weight excluding hydrogens is 275 g/mol. The van der Waals surface area contributed by atoms with Crippen LogP contribution in [0.3, 0.4) is 0 Å². The van der Waals surface area contributed by atoms with E-state index in [0.717, 1.165) is 12.0 Å². The van der Waals surface area contributed by atoms with E-state index in [-0.39, 0.29) is 0 Å². The van der Waals surface area contributed by atoms with Gasteiger partial charge in [-0.05, 0) is 59.0 Å². The summed E-state index contributed by atoms with van der Waals surface area (Å²) in [5, 5.41) is 15.3. The molecule has 1 N–H and O–H groups in total. The Morgan fingerprint density at radius 1 is 1.18 bits per heavy atom. The highest BCUT2D eigenvalue weighted by Crippen LogP contribution is 2.26. The van der Waals surface area contributed by atoms with Crippen LogP contribution in [0.1, 0.15) is 23.7 Å². The molecule has 1 heterocycles. The Hall–Kier alpha value is -0.540. The molecule has 0 saturated heterocycles. The van der Waals surface area contributed by atoms with Crippen molar-refractivity contribution in [1.82, 2.24) is 0 Å². The quantitative estimate of drug-likeness (QED) is 0.862. The lowest BCUT2D eigenvalue weighted by Crippen LogP contribution is -1.99. The van der Waals surface area contributed by atoms with Crippen LogP contribution in [0.15, 0.2) is 35.0 Å². The Bertz CT molecular complexity index is 462. The SMILES string of the molecule is OC(CCc1ccsc1)c1cc(Cl)cc(Cl)c1. The molecule has 2 rings (SSSR count). The molecule has 0 fully saturated rings. The Morgan fingerprint density at radius 2 is 1.88 bits per heavy atom. The maximum absolute atomic E-state index is 10.1. The summed E-state index contributed by atoms with van der Waals surface area (Å²) in [6.07, 6.45) is 1.01. The topological polar surface area (TPSA) is 20.2 Å². The third kappa shape index (κ3) is 3.71. The Kier molecular flexibility index (Phi) is 4.46. The number of rotatable bonds is 4. The highest BCUT2D eigenvalue weighted by atomic mass is 35.5. The maximum atomic E-state index is 10.1. The number of thiophene rings is 1. The van der Waals surface area contributed by atoms with E-state index in [0.29, 0.717) is 16.5 Å². The molecule has 1 atom stereocenters. The minimum absolute atomic E-state index is 0.522. The number of aryl methyl sites for hydroxylation is 1. The molecule has 1 nitrogen and oxygen atoms in total. The van der Waals surface area contributed by atoms with Crippen molar-refractivity contribution in [2.24, 2.45) is 0 Å². The van der Waals surface area contributed by atoms with Crippen LogP contribution in [0.2, 0.25) is 10.0 Å². The van der Waals surface area contributed by atoms with Crippen molar-refractivity contribution in [2.45, 2.75) is 18.9 Å². The summed E-state index contributed by atoms with van der Waals surface area (Å²) in [5.74, 6) is 0. The van der Waals surface area contributed by atoms with Crippen molar-refractivity contribution in [1.29, 1.82) is 0 Å². The second-order valence-corrected chi connectivity index (χ2v) is 5.54. The van der Waals surface area contributed by atoms with E-state index in [4.69, 9.17) is 23.2 Å². The molecule has 90 valence electrons. The summed E-state index contributed by atoms with van der Waals surface area (Å²) < 4.78 is 0. The molecule has 0 radical (unpaired) electrons. The zero-order valence-electron chi connectivity index (χ0n) is 9.07. The third-order valence-corrected chi connectivity index (χ3v) is 3.72. The first-order valence-corrected chi connectivity index (χ1v) is 7.00. The molecule has 4 heteroatoms. The average Bonchev–Trinajstić information content (AvgIpc) is 2.77. The molecule has 17 heavy (non-hydrogen) atoms. The van der Waals surface area contributed by atoms with Crippen molar-refractivity contribution in [3.05, 3.63) is 56.2 Å². The Morgan fingerprint density at radius 3 is 2.47 bits per heavy atom. The lowest BCUT2D eigenvalue weighted by Gasteiger charge is -2.11. The fraction of sp³-hybridized carbons (Fsp3) is 0.231. The number of aliphatic hydroxyl groups is 1. The van der Waals surface area contributed by atoms with Crippen molar-refractivity contribution in [2.75, 3.05) is 0 Å². The van der Waals surface area contributed by atoms with Gasteiger partial charge in [0.15, 0.2) is 0 Å².